The Kier molecular flexibility index (Phi) is 3.86. The van der Waals surface area contributed by atoms with Gasteiger partial charge in [0.25, 0.3) is 0 Å². The second kappa shape index (κ2) is 5.78. The molecule has 0 amide bonds. The molecule has 1 atom stereocenters. The molecule has 1 nitrogen and oxygen atoms in total. The summed E-state index contributed by atoms with van der Waals surface area (Å²) in [5.41, 5.74) is 7.73. The molecule has 3 aromatic rings. The van der Waals surface area contributed by atoms with Gasteiger partial charge >= 0.3 is 0 Å². The zero-order chi connectivity index (χ0) is 13.9. The van der Waals surface area contributed by atoms with Gasteiger partial charge in [-0.2, -0.15) is 0 Å². The number of hydrogen-bond donors (Lipinski definition) is 1. The minimum absolute atomic E-state index is 0.0890. The number of thiophene rings is 1. The van der Waals surface area contributed by atoms with Crippen LogP contribution in [0.4, 0.5) is 0 Å². The van der Waals surface area contributed by atoms with Gasteiger partial charge in [-0.3, -0.25) is 0 Å². The number of rotatable bonds is 4. The summed E-state index contributed by atoms with van der Waals surface area (Å²) in [7, 11) is 0. The first-order valence-corrected chi connectivity index (χ1v) is 7.90. The molecule has 0 bridgehead atoms. The van der Waals surface area contributed by atoms with Crippen molar-refractivity contribution in [3.8, 4) is 0 Å². The van der Waals surface area contributed by atoms with E-state index in [1.807, 2.05) is 11.3 Å². The monoisotopic (exact) mass is 281 g/mol. The maximum absolute atomic E-state index is 6.40. The molecular formula is C18H19NS. The molecule has 3 rings (SSSR count). The van der Waals surface area contributed by atoms with Crippen LogP contribution >= 0.6 is 11.3 Å². The fourth-order valence-corrected chi connectivity index (χ4v) is 3.55. The van der Waals surface area contributed by atoms with Gasteiger partial charge in [-0.15, -0.1) is 11.3 Å². The van der Waals surface area contributed by atoms with E-state index in [0.29, 0.717) is 0 Å². The Morgan fingerprint density at radius 2 is 1.80 bits per heavy atom. The lowest BCUT2D eigenvalue weighted by Gasteiger charge is -2.12. The molecule has 1 aromatic heterocycles. The van der Waals surface area contributed by atoms with Crippen molar-refractivity contribution >= 4 is 22.1 Å². The van der Waals surface area contributed by atoms with E-state index >= 15 is 0 Å². The van der Waals surface area contributed by atoms with Crippen molar-refractivity contribution in [2.75, 3.05) is 0 Å². The van der Waals surface area contributed by atoms with Crippen LogP contribution in [0.3, 0.4) is 0 Å². The summed E-state index contributed by atoms with van der Waals surface area (Å²) >= 11 is 1.84. The number of benzene rings is 2. The molecular weight excluding hydrogens is 262 g/mol. The molecule has 0 aliphatic heterocycles. The Balaban J connectivity index is 1.89. The third kappa shape index (κ3) is 2.62. The molecule has 1 unspecified atom stereocenters. The Morgan fingerprint density at radius 1 is 1.00 bits per heavy atom. The van der Waals surface area contributed by atoms with Crippen LogP contribution in [0.25, 0.3) is 10.8 Å². The highest BCUT2D eigenvalue weighted by molar-refractivity contribution is 7.12. The lowest BCUT2D eigenvalue weighted by Crippen LogP contribution is -2.11. The largest absolute Gasteiger partial charge is 0.323 e. The van der Waals surface area contributed by atoms with E-state index in [0.717, 1.165) is 12.8 Å². The van der Waals surface area contributed by atoms with Gasteiger partial charge in [0.15, 0.2) is 0 Å². The van der Waals surface area contributed by atoms with E-state index in [1.165, 1.54) is 26.1 Å². The van der Waals surface area contributed by atoms with Crippen molar-refractivity contribution in [3.63, 3.8) is 0 Å². The highest BCUT2D eigenvalue weighted by atomic mass is 32.1. The van der Waals surface area contributed by atoms with Crippen LogP contribution in [0.5, 0.6) is 0 Å². The molecule has 2 N–H and O–H groups in total. The standard InChI is InChI=1S/C18H19NS/c1-2-15-10-11-18(20-15)17(19)12-14-8-5-7-13-6-3-4-9-16(13)14/h3-11,17H,2,12,19H2,1H3. The summed E-state index contributed by atoms with van der Waals surface area (Å²) in [6, 6.07) is 19.5. The van der Waals surface area contributed by atoms with Crippen LogP contribution in [0.15, 0.2) is 54.6 Å². The van der Waals surface area contributed by atoms with Crippen LogP contribution in [-0.4, -0.2) is 0 Å². The van der Waals surface area contributed by atoms with E-state index in [2.05, 4.69) is 61.5 Å². The average Bonchev–Trinajstić information content (AvgIpc) is 2.97. The zero-order valence-corrected chi connectivity index (χ0v) is 12.5. The first-order chi connectivity index (χ1) is 9.78. The third-order valence-corrected chi connectivity index (χ3v) is 5.08. The Morgan fingerprint density at radius 3 is 2.60 bits per heavy atom. The molecule has 0 aliphatic rings. The van der Waals surface area contributed by atoms with E-state index in [1.54, 1.807) is 0 Å². The van der Waals surface area contributed by atoms with Gasteiger partial charge in [0.2, 0.25) is 0 Å². The first kappa shape index (κ1) is 13.3. The summed E-state index contributed by atoms with van der Waals surface area (Å²) in [4.78, 5) is 2.70. The van der Waals surface area contributed by atoms with Crippen LogP contribution in [-0.2, 0) is 12.8 Å². The molecule has 1 heterocycles. The fourth-order valence-electron chi connectivity index (χ4n) is 2.59. The summed E-state index contributed by atoms with van der Waals surface area (Å²) in [5.74, 6) is 0. The maximum Gasteiger partial charge on any atom is 0.0430 e. The molecule has 102 valence electrons. The molecule has 20 heavy (non-hydrogen) atoms. The molecule has 0 saturated carbocycles. The molecule has 0 spiro atoms. The molecule has 0 saturated heterocycles. The fraction of sp³-hybridized carbons (Fsp3) is 0.222. The highest BCUT2D eigenvalue weighted by Gasteiger charge is 2.11. The lowest BCUT2D eigenvalue weighted by atomic mass is 9.98. The van der Waals surface area contributed by atoms with Crippen molar-refractivity contribution in [2.45, 2.75) is 25.8 Å². The van der Waals surface area contributed by atoms with Gasteiger partial charge in [0.05, 0.1) is 0 Å². The van der Waals surface area contributed by atoms with Gasteiger partial charge in [-0.05, 0) is 41.3 Å². The predicted molar refractivity (Wildman–Crippen MR) is 88.3 cm³/mol. The van der Waals surface area contributed by atoms with Crippen molar-refractivity contribution in [3.05, 3.63) is 69.9 Å². The average molecular weight is 281 g/mol. The third-order valence-electron chi connectivity index (χ3n) is 3.72. The van der Waals surface area contributed by atoms with Gasteiger partial charge in [-0.25, -0.2) is 0 Å². The van der Waals surface area contributed by atoms with E-state index in [-0.39, 0.29) is 6.04 Å². The first-order valence-electron chi connectivity index (χ1n) is 7.08. The minimum atomic E-state index is 0.0890. The minimum Gasteiger partial charge on any atom is -0.323 e. The Hall–Kier alpha value is -1.64. The van der Waals surface area contributed by atoms with E-state index < -0.39 is 0 Å². The quantitative estimate of drug-likeness (QED) is 0.736. The molecule has 2 aromatic carbocycles. The number of fused-ring (bicyclic) bond motifs is 1. The van der Waals surface area contributed by atoms with Crippen LogP contribution in [0.2, 0.25) is 0 Å². The summed E-state index contributed by atoms with van der Waals surface area (Å²) in [6.45, 7) is 2.19. The molecule has 0 fully saturated rings. The van der Waals surface area contributed by atoms with Gasteiger partial charge < -0.3 is 5.73 Å². The number of hydrogen-bond acceptors (Lipinski definition) is 2. The lowest BCUT2D eigenvalue weighted by molar-refractivity contribution is 0.740. The summed E-state index contributed by atoms with van der Waals surface area (Å²) in [5, 5.41) is 2.61. The molecule has 2 heteroatoms. The van der Waals surface area contributed by atoms with Crippen molar-refractivity contribution < 1.29 is 0 Å². The van der Waals surface area contributed by atoms with Crippen molar-refractivity contribution in [1.29, 1.82) is 0 Å². The molecule has 0 aliphatic carbocycles. The van der Waals surface area contributed by atoms with Gasteiger partial charge in [0.1, 0.15) is 0 Å². The summed E-state index contributed by atoms with van der Waals surface area (Å²) in [6.07, 6.45) is 1.98. The topological polar surface area (TPSA) is 26.0 Å². The Bertz CT molecular complexity index is 709. The molecule has 0 radical (unpaired) electrons. The Labute approximate surface area is 124 Å². The van der Waals surface area contributed by atoms with Crippen LogP contribution in [0, 0.1) is 0 Å². The van der Waals surface area contributed by atoms with E-state index in [4.69, 9.17) is 5.73 Å². The highest BCUT2D eigenvalue weighted by Crippen LogP contribution is 2.27. The van der Waals surface area contributed by atoms with E-state index in [9.17, 15) is 0 Å². The summed E-state index contributed by atoms with van der Waals surface area (Å²) < 4.78 is 0. The van der Waals surface area contributed by atoms with Crippen molar-refractivity contribution in [2.24, 2.45) is 5.73 Å². The van der Waals surface area contributed by atoms with Gasteiger partial charge in [-0.1, -0.05) is 49.4 Å². The number of nitrogens with two attached hydrogens (primary N) is 1. The van der Waals surface area contributed by atoms with Crippen LogP contribution < -0.4 is 5.73 Å². The second-order valence-corrected chi connectivity index (χ2v) is 6.31. The van der Waals surface area contributed by atoms with Crippen molar-refractivity contribution in [1.82, 2.24) is 0 Å². The predicted octanol–water partition coefficient (Wildman–Crippen LogP) is 4.71. The normalized spacial score (nSPS) is 12.7. The SMILES string of the molecule is CCc1ccc(C(N)Cc2cccc3ccccc23)s1. The van der Waals surface area contributed by atoms with Crippen LogP contribution in [0.1, 0.15) is 28.3 Å². The smallest absolute Gasteiger partial charge is 0.0430 e. The zero-order valence-electron chi connectivity index (χ0n) is 11.7. The number of aryl methyl sites for hydroxylation is 1. The maximum atomic E-state index is 6.40. The second-order valence-electron chi connectivity index (χ2n) is 5.11. The van der Waals surface area contributed by atoms with Gasteiger partial charge in [0, 0.05) is 15.8 Å².